The summed E-state index contributed by atoms with van der Waals surface area (Å²) in [4.78, 5) is 64.2. The Kier molecular flexibility index (Phi) is 7.95. The van der Waals surface area contributed by atoms with E-state index in [0.29, 0.717) is 37.9 Å². The van der Waals surface area contributed by atoms with Crippen molar-refractivity contribution in [1.82, 2.24) is 24.7 Å². The lowest BCUT2D eigenvalue weighted by atomic mass is 9.89. The van der Waals surface area contributed by atoms with E-state index in [0.717, 1.165) is 23.9 Å². The summed E-state index contributed by atoms with van der Waals surface area (Å²) in [6.45, 7) is 6.91. The number of nitrogens with one attached hydrogen (secondary N) is 2. The Morgan fingerprint density at radius 3 is 2.39 bits per heavy atom. The van der Waals surface area contributed by atoms with Gasteiger partial charge in [0.05, 0.1) is 23.7 Å². The molecule has 2 N–H and O–H groups in total. The van der Waals surface area contributed by atoms with Crippen molar-refractivity contribution in [3.8, 4) is 0 Å². The topological polar surface area (TPSA) is 141 Å². The second kappa shape index (κ2) is 11.3. The van der Waals surface area contributed by atoms with Gasteiger partial charge in [-0.3, -0.25) is 28.8 Å². The molecule has 2 aromatic rings. The zero-order chi connectivity index (χ0) is 29.5. The molecule has 3 saturated heterocycles. The molecule has 1 aromatic heterocycles. The van der Waals surface area contributed by atoms with Crippen molar-refractivity contribution in [2.24, 2.45) is 7.05 Å². The van der Waals surface area contributed by atoms with Crippen molar-refractivity contribution in [3.05, 3.63) is 34.2 Å². The molecule has 5 rings (SSSR count). The van der Waals surface area contributed by atoms with Crippen molar-refractivity contribution in [2.45, 2.75) is 89.0 Å². The summed E-state index contributed by atoms with van der Waals surface area (Å²) in [7, 11) is 1.69. The van der Waals surface area contributed by atoms with Crippen LogP contribution in [0.5, 0.6) is 0 Å². The quantitative estimate of drug-likeness (QED) is 0.537. The summed E-state index contributed by atoms with van der Waals surface area (Å²) < 4.78 is 14.2. The van der Waals surface area contributed by atoms with Crippen LogP contribution in [-0.4, -0.2) is 75.3 Å². The molecule has 12 nitrogen and oxygen atoms in total. The largest absolute Gasteiger partial charge is 0.444 e. The van der Waals surface area contributed by atoms with Gasteiger partial charge in [-0.1, -0.05) is 6.07 Å². The lowest BCUT2D eigenvalue weighted by molar-refractivity contribution is -0.148. The first kappa shape index (κ1) is 28.8. The summed E-state index contributed by atoms with van der Waals surface area (Å²) in [6.07, 6.45) is 2.25. The average Bonchev–Trinajstić information content (AvgIpc) is 3.17. The highest BCUT2D eigenvalue weighted by Gasteiger charge is 2.34. The van der Waals surface area contributed by atoms with Gasteiger partial charge in [0.2, 0.25) is 11.8 Å². The van der Waals surface area contributed by atoms with E-state index < -0.39 is 29.7 Å². The third kappa shape index (κ3) is 6.17. The van der Waals surface area contributed by atoms with Gasteiger partial charge in [0.15, 0.2) is 0 Å². The molecule has 0 spiro atoms. The van der Waals surface area contributed by atoms with Crippen LogP contribution in [0.3, 0.4) is 0 Å². The Bertz CT molecular complexity index is 1400. The molecule has 4 heterocycles. The normalized spacial score (nSPS) is 24.3. The predicted octanol–water partition coefficient (Wildman–Crippen LogP) is 2.10. The number of carbonyl (C=O) groups excluding carboxylic acids is 4. The number of likely N-dealkylation sites (tertiary alicyclic amines) is 1. The van der Waals surface area contributed by atoms with Gasteiger partial charge in [-0.05, 0) is 76.5 Å². The van der Waals surface area contributed by atoms with Gasteiger partial charge in [-0.25, -0.2) is 9.59 Å². The van der Waals surface area contributed by atoms with Gasteiger partial charge in [0.1, 0.15) is 17.7 Å². The molecule has 222 valence electrons. The SMILES string of the molecule is Cn1c(=O)n(C2CCC(=O)NC2=O)c2ccc(C3CCN(C(=O)C4CCC(NC(=O)OC(C)(C)C)CO4)CC3)cc21. The third-order valence-corrected chi connectivity index (χ3v) is 8.19. The fraction of sp³-hybridized carbons (Fsp3) is 0.621. The number of aromatic nitrogens is 2. The van der Waals surface area contributed by atoms with Gasteiger partial charge in [-0.2, -0.15) is 0 Å². The van der Waals surface area contributed by atoms with Crippen LogP contribution < -0.4 is 16.3 Å². The Balaban J connectivity index is 1.18. The number of alkyl carbamates (subject to hydrolysis) is 1. The average molecular weight is 570 g/mol. The molecule has 3 aliphatic heterocycles. The number of imide groups is 1. The Labute approximate surface area is 238 Å². The van der Waals surface area contributed by atoms with Crippen molar-refractivity contribution in [2.75, 3.05) is 19.7 Å². The Morgan fingerprint density at radius 1 is 1.02 bits per heavy atom. The molecule has 0 aliphatic carbocycles. The molecule has 4 amide bonds. The number of carbonyl (C=O) groups is 4. The molecule has 3 unspecified atom stereocenters. The number of nitrogens with zero attached hydrogens (tertiary/aromatic N) is 3. The van der Waals surface area contributed by atoms with Gasteiger partial charge in [-0.15, -0.1) is 0 Å². The lowest BCUT2D eigenvalue weighted by Crippen LogP contribution is -2.50. The molecule has 0 radical (unpaired) electrons. The van der Waals surface area contributed by atoms with E-state index in [-0.39, 0.29) is 42.5 Å². The van der Waals surface area contributed by atoms with Crippen LogP contribution in [0.1, 0.15) is 76.8 Å². The van der Waals surface area contributed by atoms with Crippen LogP contribution in [-0.2, 0) is 30.9 Å². The molecule has 12 heteroatoms. The Morgan fingerprint density at radius 2 is 1.76 bits per heavy atom. The third-order valence-electron chi connectivity index (χ3n) is 8.19. The summed E-state index contributed by atoms with van der Waals surface area (Å²) in [5.74, 6) is -0.555. The zero-order valence-electron chi connectivity index (χ0n) is 24.1. The lowest BCUT2D eigenvalue weighted by Gasteiger charge is -2.36. The molecule has 3 atom stereocenters. The van der Waals surface area contributed by atoms with Crippen molar-refractivity contribution >= 4 is 34.8 Å². The fourth-order valence-corrected chi connectivity index (χ4v) is 6.04. The smallest absolute Gasteiger partial charge is 0.407 e. The number of ether oxygens (including phenoxy) is 2. The highest BCUT2D eigenvalue weighted by Crippen LogP contribution is 2.32. The Hall–Kier alpha value is -3.67. The first-order chi connectivity index (χ1) is 19.4. The molecular formula is C29H39N5O7. The molecule has 1 aromatic carbocycles. The maximum absolute atomic E-state index is 13.2. The van der Waals surface area contributed by atoms with Crippen molar-refractivity contribution in [3.63, 3.8) is 0 Å². The van der Waals surface area contributed by atoms with E-state index in [1.54, 1.807) is 11.6 Å². The number of aryl methyl sites for hydroxylation is 1. The van der Waals surface area contributed by atoms with Crippen molar-refractivity contribution < 1.29 is 28.7 Å². The van der Waals surface area contributed by atoms with E-state index in [9.17, 15) is 24.0 Å². The number of rotatable bonds is 4. The van der Waals surface area contributed by atoms with Gasteiger partial charge >= 0.3 is 11.8 Å². The van der Waals surface area contributed by atoms with E-state index >= 15 is 0 Å². The monoisotopic (exact) mass is 569 g/mol. The van der Waals surface area contributed by atoms with Crippen molar-refractivity contribution in [1.29, 1.82) is 0 Å². The van der Waals surface area contributed by atoms with Crippen LogP contribution in [0.25, 0.3) is 11.0 Å². The molecule has 3 aliphatic rings. The zero-order valence-corrected chi connectivity index (χ0v) is 24.1. The minimum Gasteiger partial charge on any atom is -0.444 e. The van der Waals surface area contributed by atoms with E-state index in [2.05, 4.69) is 10.6 Å². The molecular weight excluding hydrogens is 530 g/mol. The fourth-order valence-electron chi connectivity index (χ4n) is 6.04. The second-order valence-electron chi connectivity index (χ2n) is 12.3. The molecule has 0 saturated carbocycles. The predicted molar refractivity (Wildman–Crippen MR) is 149 cm³/mol. The number of benzene rings is 1. The van der Waals surface area contributed by atoms with Crippen LogP contribution in [0.4, 0.5) is 4.79 Å². The first-order valence-electron chi connectivity index (χ1n) is 14.4. The van der Waals surface area contributed by atoms with Gasteiger partial charge in [0.25, 0.3) is 5.91 Å². The maximum Gasteiger partial charge on any atom is 0.407 e. The van der Waals surface area contributed by atoms with Crippen LogP contribution in [0, 0.1) is 0 Å². The number of hydrogen-bond donors (Lipinski definition) is 2. The van der Waals surface area contributed by atoms with E-state index in [1.807, 2.05) is 43.9 Å². The maximum atomic E-state index is 13.2. The standard InChI is InChI=1S/C29H39N5O7/c1-29(2,3)41-27(38)30-19-6-9-23(40-16-19)26(37)33-13-11-17(12-14-33)18-5-7-20-22(15-18)32(4)28(39)34(20)21-8-10-24(35)31-25(21)36/h5,7,15,17,19,21,23H,6,8-14,16H2,1-4H3,(H,30,38)(H,31,35,36). The minimum atomic E-state index is -0.714. The molecule has 3 fully saturated rings. The highest BCUT2D eigenvalue weighted by molar-refractivity contribution is 6.00. The van der Waals surface area contributed by atoms with Crippen LogP contribution in [0.2, 0.25) is 0 Å². The van der Waals surface area contributed by atoms with E-state index in [1.165, 1.54) is 4.57 Å². The first-order valence-corrected chi connectivity index (χ1v) is 14.4. The van der Waals surface area contributed by atoms with Gasteiger partial charge in [0, 0.05) is 26.6 Å². The number of piperidine rings is 2. The summed E-state index contributed by atoms with van der Waals surface area (Å²) >= 11 is 0. The highest BCUT2D eigenvalue weighted by atomic mass is 16.6. The minimum absolute atomic E-state index is 0.0154. The number of hydrogen-bond acceptors (Lipinski definition) is 7. The number of amides is 4. The van der Waals surface area contributed by atoms with Gasteiger partial charge < -0.3 is 19.7 Å². The second-order valence-corrected chi connectivity index (χ2v) is 12.3. The summed E-state index contributed by atoms with van der Waals surface area (Å²) in [5, 5.41) is 5.15. The van der Waals surface area contributed by atoms with E-state index in [4.69, 9.17) is 9.47 Å². The van der Waals surface area contributed by atoms with Crippen LogP contribution >= 0.6 is 0 Å². The summed E-state index contributed by atoms with van der Waals surface area (Å²) in [5.41, 5.74) is 1.62. The number of imidazole rings is 1. The number of fused-ring (bicyclic) bond motifs is 1. The molecule has 0 bridgehead atoms. The molecule has 41 heavy (non-hydrogen) atoms. The summed E-state index contributed by atoms with van der Waals surface area (Å²) in [6, 6.07) is 4.98. The van der Waals surface area contributed by atoms with Crippen LogP contribution in [0.15, 0.2) is 23.0 Å².